The first kappa shape index (κ1) is 17.1. The van der Waals surface area contributed by atoms with Crippen molar-refractivity contribution in [2.24, 2.45) is 0 Å². The lowest BCUT2D eigenvalue weighted by atomic mass is 10.1. The van der Waals surface area contributed by atoms with E-state index in [1.165, 1.54) is 56.1 Å². The third-order valence-corrected chi connectivity index (χ3v) is 3.25. The average molecular weight is 332 g/mol. The van der Waals surface area contributed by atoms with E-state index in [1.807, 2.05) is 0 Å². The summed E-state index contributed by atoms with van der Waals surface area (Å²) >= 11 is 0. The smallest absolute Gasteiger partial charge is 0.330 e. The number of amides is 1. The van der Waals surface area contributed by atoms with Gasteiger partial charge in [-0.1, -0.05) is 6.07 Å². The number of rotatable bonds is 5. The Morgan fingerprint density at radius 2 is 2.04 bits per heavy atom. The van der Waals surface area contributed by atoms with E-state index in [-0.39, 0.29) is 11.4 Å². The molecule has 2 aromatic rings. The minimum atomic E-state index is -1.21. The van der Waals surface area contributed by atoms with Crippen molar-refractivity contribution in [3.63, 3.8) is 0 Å². The van der Waals surface area contributed by atoms with Crippen LogP contribution >= 0.6 is 0 Å². The van der Waals surface area contributed by atoms with Crippen LogP contribution in [0.2, 0.25) is 0 Å². The molecule has 0 bridgehead atoms. The topological polar surface area (TPSA) is 116 Å². The number of ether oxygens (including phenoxy) is 1. The summed E-state index contributed by atoms with van der Waals surface area (Å²) in [5.41, 5.74) is -0.781. The Morgan fingerprint density at radius 3 is 2.67 bits per heavy atom. The second-order valence-electron chi connectivity index (χ2n) is 5.49. The molecule has 0 saturated carbocycles. The van der Waals surface area contributed by atoms with Crippen molar-refractivity contribution in [2.45, 2.75) is 19.4 Å². The Labute approximate surface area is 137 Å². The minimum Gasteiger partial charge on any atom is -0.467 e. The van der Waals surface area contributed by atoms with Crippen LogP contribution < -0.4 is 5.32 Å². The van der Waals surface area contributed by atoms with Crippen LogP contribution in [0.25, 0.3) is 5.69 Å². The summed E-state index contributed by atoms with van der Waals surface area (Å²) in [5.74, 6) is -1.15. The molecule has 0 atom stereocenters. The highest BCUT2D eigenvalue weighted by Gasteiger charge is 2.31. The van der Waals surface area contributed by atoms with Crippen LogP contribution in [-0.2, 0) is 9.53 Å². The number of hydrogen-bond acceptors (Lipinski definition) is 6. The molecule has 126 valence electrons. The van der Waals surface area contributed by atoms with Crippen molar-refractivity contribution < 1.29 is 19.2 Å². The largest absolute Gasteiger partial charge is 0.467 e. The normalized spacial score (nSPS) is 11.0. The van der Waals surface area contributed by atoms with Gasteiger partial charge >= 0.3 is 5.97 Å². The minimum absolute atomic E-state index is 0.0680. The molecule has 0 radical (unpaired) electrons. The second-order valence-corrected chi connectivity index (χ2v) is 5.49. The van der Waals surface area contributed by atoms with Gasteiger partial charge in [0.2, 0.25) is 0 Å². The molecule has 1 N–H and O–H groups in total. The van der Waals surface area contributed by atoms with E-state index in [4.69, 9.17) is 0 Å². The molecule has 9 heteroatoms. The number of hydrogen-bond donors (Lipinski definition) is 1. The quantitative estimate of drug-likeness (QED) is 0.503. The average Bonchev–Trinajstić information content (AvgIpc) is 3.03. The van der Waals surface area contributed by atoms with Gasteiger partial charge in [-0.3, -0.25) is 14.9 Å². The molecular weight excluding hydrogens is 316 g/mol. The monoisotopic (exact) mass is 332 g/mol. The lowest BCUT2D eigenvalue weighted by Gasteiger charge is -2.22. The highest BCUT2D eigenvalue weighted by Crippen LogP contribution is 2.16. The molecule has 9 nitrogen and oxygen atoms in total. The number of carbonyl (C=O) groups is 2. The molecule has 1 aromatic heterocycles. The molecule has 0 aliphatic carbocycles. The number of aromatic nitrogens is 2. The lowest BCUT2D eigenvalue weighted by Crippen LogP contribution is -2.50. The maximum atomic E-state index is 12.2. The fourth-order valence-corrected chi connectivity index (χ4v) is 1.99. The maximum Gasteiger partial charge on any atom is 0.330 e. The van der Waals surface area contributed by atoms with Crippen molar-refractivity contribution in [1.82, 2.24) is 15.1 Å². The standard InChI is InChI=1S/C15H16N4O5/c1-15(2,14(21)24-3)16-13(20)12-7-8-18(17-12)10-5-4-6-11(9-10)19(22)23/h4-9H,1-3H3,(H,16,20). The number of esters is 1. The molecule has 0 aliphatic rings. The Hall–Kier alpha value is -3.23. The highest BCUT2D eigenvalue weighted by molar-refractivity contribution is 5.96. The summed E-state index contributed by atoms with van der Waals surface area (Å²) in [6.45, 7) is 3.02. The molecule has 24 heavy (non-hydrogen) atoms. The van der Waals surface area contributed by atoms with Crippen LogP contribution in [0, 0.1) is 10.1 Å². The van der Waals surface area contributed by atoms with Gasteiger partial charge in [0.15, 0.2) is 5.69 Å². The van der Waals surface area contributed by atoms with E-state index >= 15 is 0 Å². The molecule has 0 spiro atoms. The molecule has 1 aromatic carbocycles. The van der Waals surface area contributed by atoms with E-state index < -0.39 is 22.3 Å². The number of benzene rings is 1. The van der Waals surface area contributed by atoms with Gasteiger partial charge in [0.05, 0.1) is 17.7 Å². The predicted octanol–water partition coefficient (Wildman–Crippen LogP) is 1.46. The SMILES string of the molecule is COC(=O)C(C)(C)NC(=O)c1ccn(-c2cccc([N+](=O)[O-])c2)n1. The van der Waals surface area contributed by atoms with Gasteiger partial charge in [-0.2, -0.15) is 5.10 Å². The summed E-state index contributed by atoms with van der Waals surface area (Å²) in [6, 6.07) is 7.30. The van der Waals surface area contributed by atoms with Crippen molar-refractivity contribution in [3.8, 4) is 5.69 Å². The van der Waals surface area contributed by atoms with E-state index in [0.29, 0.717) is 5.69 Å². The number of nitrogens with zero attached hydrogens (tertiary/aromatic N) is 3. The first-order chi connectivity index (χ1) is 11.2. The molecule has 0 saturated heterocycles. The zero-order chi connectivity index (χ0) is 17.9. The van der Waals surface area contributed by atoms with Crippen LogP contribution in [0.4, 0.5) is 5.69 Å². The lowest BCUT2D eigenvalue weighted by molar-refractivity contribution is -0.384. The second kappa shape index (κ2) is 6.49. The van der Waals surface area contributed by atoms with Gasteiger partial charge in [-0.25, -0.2) is 9.48 Å². The van der Waals surface area contributed by atoms with E-state index in [2.05, 4.69) is 15.2 Å². The van der Waals surface area contributed by atoms with Gasteiger partial charge in [-0.05, 0) is 26.0 Å². The first-order valence-corrected chi connectivity index (χ1v) is 6.96. The molecule has 0 aliphatic heterocycles. The molecular formula is C15H16N4O5. The zero-order valence-corrected chi connectivity index (χ0v) is 13.3. The van der Waals surface area contributed by atoms with Crippen molar-refractivity contribution in [2.75, 3.05) is 7.11 Å². The van der Waals surface area contributed by atoms with Gasteiger partial charge in [0.1, 0.15) is 5.54 Å². The number of non-ortho nitro benzene ring substituents is 1. The van der Waals surface area contributed by atoms with Gasteiger partial charge in [0, 0.05) is 18.3 Å². The number of carbonyl (C=O) groups excluding carboxylic acids is 2. The van der Waals surface area contributed by atoms with Crippen LogP contribution in [0.3, 0.4) is 0 Å². The predicted molar refractivity (Wildman–Crippen MR) is 83.8 cm³/mol. The van der Waals surface area contributed by atoms with Crippen molar-refractivity contribution in [1.29, 1.82) is 0 Å². The van der Waals surface area contributed by atoms with Crippen molar-refractivity contribution >= 4 is 17.6 Å². The summed E-state index contributed by atoms with van der Waals surface area (Å²) in [4.78, 5) is 34.1. The summed E-state index contributed by atoms with van der Waals surface area (Å²) in [6.07, 6.45) is 1.50. The fourth-order valence-electron chi connectivity index (χ4n) is 1.99. The molecule has 2 rings (SSSR count). The summed E-state index contributed by atoms with van der Waals surface area (Å²) in [7, 11) is 1.23. The van der Waals surface area contributed by atoms with Crippen LogP contribution in [0.15, 0.2) is 36.5 Å². The van der Waals surface area contributed by atoms with Crippen molar-refractivity contribution in [3.05, 3.63) is 52.3 Å². The zero-order valence-electron chi connectivity index (χ0n) is 13.3. The van der Waals surface area contributed by atoms with Gasteiger partial charge in [-0.15, -0.1) is 0 Å². The summed E-state index contributed by atoms with van der Waals surface area (Å²) in [5, 5.41) is 17.4. The van der Waals surface area contributed by atoms with E-state index in [9.17, 15) is 19.7 Å². The Kier molecular flexibility index (Phi) is 4.63. The van der Waals surface area contributed by atoms with Gasteiger partial charge in [0.25, 0.3) is 11.6 Å². The molecule has 1 amide bonds. The molecule has 0 fully saturated rings. The third kappa shape index (κ3) is 3.57. The van der Waals surface area contributed by atoms with E-state index in [1.54, 1.807) is 6.07 Å². The fraction of sp³-hybridized carbons (Fsp3) is 0.267. The van der Waals surface area contributed by atoms with Crippen LogP contribution in [0.1, 0.15) is 24.3 Å². The number of nitro groups is 1. The molecule has 0 unspecified atom stereocenters. The Bertz CT molecular complexity index is 797. The number of methoxy groups -OCH3 is 1. The highest BCUT2D eigenvalue weighted by atomic mass is 16.6. The molecule has 1 heterocycles. The number of nitrogens with one attached hydrogen (secondary N) is 1. The maximum absolute atomic E-state index is 12.2. The Morgan fingerprint density at radius 1 is 1.33 bits per heavy atom. The van der Waals surface area contributed by atoms with E-state index in [0.717, 1.165) is 0 Å². The Balaban J connectivity index is 2.22. The first-order valence-electron chi connectivity index (χ1n) is 6.96. The third-order valence-electron chi connectivity index (χ3n) is 3.25. The van der Waals surface area contributed by atoms with Crippen LogP contribution in [-0.4, -0.2) is 39.2 Å². The van der Waals surface area contributed by atoms with Gasteiger partial charge < -0.3 is 10.1 Å². The van der Waals surface area contributed by atoms with Crippen LogP contribution in [0.5, 0.6) is 0 Å². The summed E-state index contributed by atoms with van der Waals surface area (Å²) < 4.78 is 5.96. The number of nitro benzene ring substituents is 1.